The number of fused-ring (bicyclic) bond motifs is 1. The zero-order valence-electron chi connectivity index (χ0n) is 12.1. The minimum atomic E-state index is -0.291. The van der Waals surface area contributed by atoms with E-state index in [9.17, 15) is 4.79 Å². The Labute approximate surface area is 132 Å². The highest BCUT2D eigenvalue weighted by Crippen LogP contribution is 2.29. The molecule has 1 atom stereocenters. The molecule has 0 saturated heterocycles. The molecule has 3 rings (SSSR count). The predicted octanol–water partition coefficient (Wildman–Crippen LogP) is 3.30. The van der Waals surface area contributed by atoms with Gasteiger partial charge in [-0.15, -0.1) is 0 Å². The van der Waals surface area contributed by atoms with Gasteiger partial charge in [0.05, 0.1) is 16.7 Å². The van der Waals surface area contributed by atoms with Crippen molar-refractivity contribution in [2.75, 3.05) is 6.54 Å². The monoisotopic (exact) mass is 347 g/mol. The molecule has 0 amide bonds. The van der Waals surface area contributed by atoms with Crippen LogP contribution in [0.25, 0.3) is 0 Å². The van der Waals surface area contributed by atoms with Gasteiger partial charge in [0.15, 0.2) is 0 Å². The molecule has 110 valence electrons. The second-order valence-corrected chi connectivity index (χ2v) is 6.43. The first kappa shape index (κ1) is 14.5. The standard InChI is InChI=1S/C16H18BrN3O/c1-10(2)20-15(13(17)9-19-20)16(21)14-12-6-4-3-5-11(12)7-8-18-14/h3-6,9-10,14,18H,7-8H2,1-2H3. The van der Waals surface area contributed by atoms with Gasteiger partial charge >= 0.3 is 0 Å². The zero-order chi connectivity index (χ0) is 15.0. The van der Waals surface area contributed by atoms with E-state index in [2.05, 4.69) is 32.4 Å². The molecule has 1 unspecified atom stereocenters. The Bertz CT molecular complexity index is 678. The number of Topliss-reactive ketones (excluding diaryl/α,β-unsaturated/α-hetero) is 1. The number of carbonyl (C=O) groups is 1. The highest BCUT2D eigenvalue weighted by molar-refractivity contribution is 9.10. The van der Waals surface area contributed by atoms with E-state index in [0.717, 1.165) is 23.0 Å². The van der Waals surface area contributed by atoms with Crippen LogP contribution in [0.3, 0.4) is 0 Å². The molecule has 1 aromatic carbocycles. The summed E-state index contributed by atoms with van der Waals surface area (Å²) in [6.45, 7) is 4.87. The van der Waals surface area contributed by atoms with E-state index < -0.39 is 0 Å². The predicted molar refractivity (Wildman–Crippen MR) is 85.5 cm³/mol. The van der Waals surface area contributed by atoms with Gasteiger partial charge in [0, 0.05) is 12.6 Å². The number of ketones is 1. The van der Waals surface area contributed by atoms with Gasteiger partial charge in [-0.2, -0.15) is 5.10 Å². The third-order valence-corrected chi connectivity index (χ3v) is 4.42. The van der Waals surface area contributed by atoms with Crippen LogP contribution < -0.4 is 5.32 Å². The summed E-state index contributed by atoms with van der Waals surface area (Å²) < 4.78 is 2.54. The van der Waals surface area contributed by atoms with E-state index in [-0.39, 0.29) is 17.9 Å². The summed E-state index contributed by atoms with van der Waals surface area (Å²) in [6.07, 6.45) is 2.66. The number of hydrogen-bond donors (Lipinski definition) is 1. The fraction of sp³-hybridized carbons (Fsp3) is 0.375. The van der Waals surface area contributed by atoms with Crippen LogP contribution >= 0.6 is 15.9 Å². The van der Waals surface area contributed by atoms with E-state index >= 15 is 0 Å². The summed E-state index contributed by atoms with van der Waals surface area (Å²) >= 11 is 3.46. The van der Waals surface area contributed by atoms with Crippen molar-refractivity contribution in [2.45, 2.75) is 32.4 Å². The summed E-state index contributed by atoms with van der Waals surface area (Å²) in [5, 5.41) is 7.65. The molecule has 1 aliphatic rings. The van der Waals surface area contributed by atoms with Gasteiger partial charge < -0.3 is 5.32 Å². The Balaban J connectivity index is 2.03. The highest BCUT2D eigenvalue weighted by Gasteiger charge is 2.30. The average molecular weight is 348 g/mol. The number of nitrogens with zero attached hydrogens (tertiary/aromatic N) is 2. The maximum absolute atomic E-state index is 13.0. The smallest absolute Gasteiger partial charge is 0.203 e. The number of rotatable bonds is 3. The van der Waals surface area contributed by atoms with E-state index in [4.69, 9.17) is 0 Å². The molecule has 2 aromatic rings. The Morgan fingerprint density at radius 1 is 1.43 bits per heavy atom. The summed E-state index contributed by atoms with van der Waals surface area (Å²) in [5.74, 6) is 0.0697. The average Bonchev–Trinajstić information content (AvgIpc) is 2.88. The van der Waals surface area contributed by atoms with Crippen molar-refractivity contribution < 1.29 is 4.79 Å². The zero-order valence-corrected chi connectivity index (χ0v) is 13.7. The molecule has 0 bridgehead atoms. The quantitative estimate of drug-likeness (QED) is 0.866. The summed E-state index contributed by atoms with van der Waals surface area (Å²) in [5.41, 5.74) is 2.97. The maximum Gasteiger partial charge on any atom is 0.203 e. The molecule has 1 aliphatic heterocycles. The Morgan fingerprint density at radius 3 is 2.95 bits per heavy atom. The minimum absolute atomic E-state index is 0.0697. The fourth-order valence-electron chi connectivity index (χ4n) is 2.84. The number of halogens is 1. The molecule has 0 fully saturated rings. The van der Waals surface area contributed by atoms with Crippen molar-refractivity contribution in [3.8, 4) is 0 Å². The number of hydrogen-bond acceptors (Lipinski definition) is 3. The van der Waals surface area contributed by atoms with Crippen LogP contribution in [-0.2, 0) is 6.42 Å². The molecule has 0 spiro atoms. The largest absolute Gasteiger partial charge is 0.303 e. The van der Waals surface area contributed by atoms with Crippen LogP contribution in [0.4, 0.5) is 0 Å². The first-order chi connectivity index (χ1) is 10.1. The van der Waals surface area contributed by atoms with Crippen LogP contribution in [0.1, 0.15) is 47.5 Å². The van der Waals surface area contributed by atoms with Crippen molar-refractivity contribution in [3.05, 3.63) is 51.8 Å². The molecule has 5 heteroatoms. The second kappa shape index (κ2) is 5.73. The number of carbonyl (C=O) groups excluding carboxylic acids is 1. The molecule has 1 aromatic heterocycles. The van der Waals surface area contributed by atoms with E-state index in [0.29, 0.717) is 5.69 Å². The lowest BCUT2D eigenvalue weighted by Gasteiger charge is -2.26. The van der Waals surface area contributed by atoms with Crippen LogP contribution in [0, 0.1) is 0 Å². The lowest BCUT2D eigenvalue weighted by molar-refractivity contribution is 0.0926. The normalized spacial score (nSPS) is 17.8. The third kappa shape index (κ3) is 2.56. The molecule has 0 aliphatic carbocycles. The molecular formula is C16H18BrN3O. The van der Waals surface area contributed by atoms with Gasteiger partial charge in [0.2, 0.25) is 5.78 Å². The number of aromatic nitrogens is 2. The van der Waals surface area contributed by atoms with Crippen LogP contribution in [0.15, 0.2) is 34.9 Å². The lowest BCUT2D eigenvalue weighted by Crippen LogP contribution is -2.36. The number of nitrogens with one attached hydrogen (secondary N) is 1. The lowest BCUT2D eigenvalue weighted by atomic mass is 9.91. The molecular weight excluding hydrogens is 330 g/mol. The topological polar surface area (TPSA) is 46.9 Å². The summed E-state index contributed by atoms with van der Waals surface area (Å²) in [7, 11) is 0. The van der Waals surface area contributed by atoms with Crippen molar-refractivity contribution in [1.29, 1.82) is 0 Å². The van der Waals surface area contributed by atoms with Gasteiger partial charge in [-0.25, -0.2) is 0 Å². The molecule has 4 nitrogen and oxygen atoms in total. The Morgan fingerprint density at radius 2 is 2.19 bits per heavy atom. The second-order valence-electron chi connectivity index (χ2n) is 5.58. The summed E-state index contributed by atoms with van der Waals surface area (Å²) in [4.78, 5) is 13.0. The Kier molecular flexibility index (Phi) is 3.95. The van der Waals surface area contributed by atoms with Gasteiger partial charge in [0.25, 0.3) is 0 Å². The molecule has 1 N–H and O–H groups in total. The van der Waals surface area contributed by atoms with Crippen LogP contribution in [-0.4, -0.2) is 22.1 Å². The highest BCUT2D eigenvalue weighted by atomic mass is 79.9. The van der Waals surface area contributed by atoms with Crippen molar-refractivity contribution in [2.24, 2.45) is 0 Å². The first-order valence-corrected chi connectivity index (χ1v) is 7.97. The van der Waals surface area contributed by atoms with Crippen molar-refractivity contribution >= 4 is 21.7 Å². The van der Waals surface area contributed by atoms with Crippen molar-refractivity contribution in [3.63, 3.8) is 0 Å². The van der Waals surface area contributed by atoms with E-state index in [1.54, 1.807) is 10.9 Å². The van der Waals surface area contributed by atoms with Gasteiger partial charge in [-0.3, -0.25) is 9.48 Å². The maximum atomic E-state index is 13.0. The Hall–Kier alpha value is -1.46. The summed E-state index contributed by atoms with van der Waals surface area (Å²) in [6, 6.07) is 8.01. The van der Waals surface area contributed by atoms with Gasteiger partial charge in [-0.1, -0.05) is 24.3 Å². The molecule has 0 radical (unpaired) electrons. The third-order valence-electron chi connectivity index (χ3n) is 3.84. The fourth-order valence-corrected chi connectivity index (χ4v) is 3.31. The van der Waals surface area contributed by atoms with Crippen molar-refractivity contribution in [1.82, 2.24) is 15.1 Å². The minimum Gasteiger partial charge on any atom is -0.303 e. The molecule has 21 heavy (non-hydrogen) atoms. The van der Waals surface area contributed by atoms with Crippen LogP contribution in [0.2, 0.25) is 0 Å². The SMILES string of the molecule is CC(C)n1ncc(Br)c1C(=O)C1NCCc2ccccc21. The first-order valence-electron chi connectivity index (χ1n) is 7.18. The molecule has 0 saturated carbocycles. The molecule has 2 heterocycles. The van der Waals surface area contributed by atoms with E-state index in [1.807, 2.05) is 32.0 Å². The van der Waals surface area contributed by atoms with Gasteiger partial charge in [0.1, 0.15) is 5.69 Å². The van der Waals surface area contributed by atoms with Crippen LogP contribution in [0.5, 0.6) is 0 Å². The van der Waals surface area contributed by atoms with E-state index in [1.165, 1.54) is 5.56 Å². The van der Waals surface area contributed by atoms with Gasteiger partial charge in [-0.05, 0) is 47.3 Å². The number of benzene rings is 1.